The molecule has 1 heterocycles. The number of ether oxygens (including phenoxy) is 1. The molecule has 20 heavy (non-hydrogen) atoms. The van der Waals surface area contributed by atoms with Crippen LogP contribution in [0.3, 0.4) is 0 Å². The zero-order valence-corrected chi connectivity index (χ0v) is 14.3. The fourth-order valence-corrected chi connectivity index (χ4v) is 2.63. The van der Waals surface area contributed by atoms with E-state index in [1.54, 1.807) is 19.2 Å². The molecule has 7 heteroatoms. The van der Waals surface area contributed by atoms with Crippen LogP contribution in [0.1, 0.15) is 17.1 Å². The lowest BCUT2D eigenvalue weighted by molar-refractivity contribution is 0.180. The highest BCUT2D eigenvalue weighted by Gasteiger charge is 2.12. The first-order valence-corrected chi connectivity index (χ1v) is 7.57. The van der Waals surface area contributed by atoms with E-state index in [4.69, 9.17) is 39.5 Å². The molecule has 0 N–H and O–H groups in total. The quantitative estimate of drug-likeness (QED) is 0.687. The Kier molecular flexibility index (Phi) is 5.64. The van der Waals surface area contributed by atoms with Gasteiger partial charge in [0.15, 0.2) is 0 Å². The Morgan fingerprint density at radius 2 is 1.95 bits per heavy atom. The maximum absolute atomic E-state index is 6.14. The van der Waals surface area contributed by atoms with Gasteiger partial charge in [0.05, 0.1) is 16.8 Å². The van der Waals surface area contributed by atoms with Crippen LogP contribution >= 0.6 is 50.7 Å². The Bertz CT molecular complexity index is 637. The lowest BCUT2D eigenvalue weighted by Crippen LogP contribution is -2.04. The van der Waals surface area contributed by atoms with Crippen molar-refractivity contribution in [2.45, 2.75) is 13.0 Å². The second kappa shape index (κ2) is 7.05. The number of hydrogen-bond donors (Lipinski definition) is 0. The monoisotopic (exact) mass is 394 g/mol. The van der Waals surface area contributed by atoms with Crippen molar-refractivity contribution in [1.29, 1.82) is 0 Å². The first-order valence-electron chi connectivity index (χ1n) is 5.65. The number of benzene rings is 1. The van der Waals surface area contributed by atoms with Crippen molar-refractivity contribution in [2.75, 3.05) is 7.11 Å². The van der Waals surface area contributed by atoms with Crippen LogP contribution in [0.2, 0.25) is 15.2 Å². The van der Waals surface area contributed by atoms with Crippen LogP contribution in [0, 0.1) is 0 Å². The van der Waals surface area contributed by atoms with Crippen molar-refractivity contribution in [2.24, 2.45) is 0 Å². The van der Waals surface area contributed by atoms with Crippen molar-refractivity contribution in [3.63, 3.8) is 0 Å². The summed E-state index contributed by atoms with van der Waals surface area (Å²) in [7, 11) is 1.60. The van der Waals surface area contributed by atoms with Gasteiger partial charge in [0.25, 0.3) is 0 Å². The minimum atomic E-state index is 0.351. The third kappa shape index (κ3) is 3.83. The fourth-order valence-electron chi connectivity index (χ4n) is 1.66. The van der Waals surface area contributed by atoms with Crippen LogP contribution in [0.15, 0.2) is 22.7 Å². The van der Waals surface area contributed by atoms with Crippen molar-refractivity contribution in [3.05, 3.63) is 55.0 Å². The highest BCUT2D eigenvalue weighted by molar-refractivity contribution is 9.10. The Hall–Kier alpha value is -0.390. The van der Waals surface area contributed by atoms with E-state index in [1.165, 1.54) is 0 Å². The van der Waals surface area contributed by atoms with Crippen molar-refractivity contribution in [3.8, 4) is 0 Å². The minimum absolute atomic E-state index is 0.351. The molecule has 0 spiro atoms. The van der Waals surface area contributed by atoms with Gasteiger partial charge in [0, 0.05) is 23.6 Å². The van der Waals surface area contributed by atoms with Crippen LogP contribution < -0.4 is 0 Å². The average molecular weight is 396 g/mol. The first-order chi connectivity index (χ1) is 9.51. The number of methoxy groups -OCH3 is 1. The summed E-state index contributed by atoms with van der Waals surface area (Å²) in [5, 5.41) is 1.52. The molecule has 2 rings (SSSR count). The molecular formula is C13H10BrCl3N2O. The fraction of sp³-hybridized carbons (Fsp3) is 0.231. The molecule has 1 aromatic carbocycles. The summed E-state index contributed by atoms with van der Waals surface area (Å²) in [5.74, 6) is 0.578. The van der Waals surface area contributed by atoms with E-state index in [0.717, 1.165) is 5.56 Å². The zero-order chi connectivity index (χ0) is 14.7. The summed E-state index contributed by atoms with van der Waals surface area (Å²) < 4.78 is 5.73. The van der Waals surface area contributed by atoms with E-state index in [1.807, 2.05) is 6.07 Å². The van der Waals surface area contributed by atoms with Gasteiger partial charge in [-0.05, 0) is 33.6 Å². The van der Waals surface area contributed by atoms with Crippen LogP contribution in [-0.4, -0.2) is 17.1 Å². The molecule has 0 saturated carbocycles. The standard InChI is InChI=1S/C13H10BrCl3N2O/c1-20-6-10-12(14)13(17)19-11(18-10)4-7-2-3-8(15)5-9(7)16/h2-3,5H,4,6H2,1H3. The van der Waals surface area contributed by atoms with Gasteiger partial charge >= 0.3 is 0 Å². The van der Waals surface area contributed by atoms with E-state index in [9.17, 15) is 0 Å². The molecule has 0 bridgehead atoms. The predicted octanol–water partition coefficient (Wildman–Crippen LogP) is 4.94. The third-order valence-electron chi connectivity index (χ3n) is 2.57. The largest absolute Gasteiger partial charge is 0.378 e. The third-order valence-corrected chi connectivity index (χ3v) is 4.49. The number of halogens is 4. The molecule has 0 fully saturated rings. The summed E-state index contributed by atoms with van der Waals surface area (Å²) in [6.07, 6.45) is 0.472. The SMILES string of the molecule is COCc1nc(Cc2ccc(Cl)cc2Cl)nc(Cl)c1Br. The Morgan fingerprint density at radius 1 is 1.20 bits per heavy atom. The lowest BCUT2D eigenvalue weighted by atomic mass is 10.1. The zero-order valence-electron chi connectivity index (χ0n) is 10.5. The van der Waals surface area contributed by atoms with Crippen molar-refractivity contribution >= 4 is 50.7 Å². The molecule has 0 aliphatic carbocycles. The first kappa shape index (κ1) is 16.0. The van der Waals surface area contributed by atoms with Gasteiger partial charge in [0.2, 0.25) is 0 Å². The summed E-state index contributed by atoms with van der Waals surface area (Å²) in [5.41, 5.74) is 1.59. The molecule has 0 unspecified atom stereocenters. The smallest absolute Gasteiger partial charge is 0.147 e. The van der Waals surface area contributed by atoms with Crippen molar-refractivity contribution < 1.29 is 4.74 Å². The lowest BCUT2D eigenvalue weighted by Gasteiger charge is -2.08. The second-order valence-corrected chi connectivity index (χ2v) is 6.03. The molecule has 2 aromatic rings. The van der Waals surface area contributed by atoms with E-state index >= 15 is 0 Å². The Morgan fingerprint density at radius 3 is 2.60 bits per heavy atom. The van der Waals surface area contributed by atoms with Crippen LogP contribution in [0.5, 0.6) is 0 Å². The molecule has 0 amide bonds. The average Bonchev–Trinajstić information content (AvgIpc) is 2.39. The number of rotatable bonds is 4. The molecule has 1 aromatic heterocycles. The molecule has 3 nitrogen and oxygen atoms in total. The van der Waals surface area contributed by atoms with Gasteiger partial charge in [-0.1, -0.05) is 40.9 Å². The maximum Gasteiger partial charge on any atom is 0.147 e. The van der Waals surface area contributed by atoms with Gasteiger partial charge in [-0.25, -0.2) is 9.97 Å². The van der Waals surface area contributed by atoms with Gasteiger partial charge in [-0.2, -0.15) is 0 Å². The highest BCUT2D eigenvalue weighted by Crippen LogP contribution is 2.26. The molecule has 0 aliphatic rings. The van der Waals surface area contributed by atoms with Crippen LogP contribution in [0.4, 0.5) is 0 Å². The molecule has 0 radical (unpaired) electrons. The molecule has 0 aliphatic heterocycles. The van der Waals surface area contributed by atoms with E-state index < -0.39 is 0 Å². The van der Waals surface area contributed by atoms with E-state index in [-0.39, 0.29) is 0 Å². The van der Waals surface area contributed by atoms with E-state index in [0.29, 0.717) is 44.2 Å². The number of nitrogens with zero attached hydrogens (tertiary/aromatic N) is 2. The van der Waals surface area contributed by atoms with Crippen LogP contribution in [-0.2, 0) is 17.8 Å². The number of hydrogen-bond acceptors (Lipinski definition) is 3. The summed E-state index contributed by atoms with van der Waals surface area (Å²) in [4.78, 5) is 8.66. The normalized spacial score (nSPS) is 10.8. The second-order valence-electron chi connectivity index (χ2n) is 4.04. The predicted molar refractivity (Wildman–Crippen MR) is 84.7 cm³/mol. The molecular weight excluding hydrogens is 386 g/mol. The highest BCUT2D eigenvalue weighted by atomic mass is 79.9. The maximum atomic E-state index is 6.14. The van der Waals surface area contributed by atoms with Gasteiger partial charge in [0.1, 0.15) is 11.0 Å². The molecule has 0 atom stereocenters. The van der Waals surface area contributed by atoms with E-state index in [2.05, 4.69) is 25.9 Å². The Balaban J connectivity index is 2.33. The van der Waals surface area contributed by atoms with Crippen LogP contribution in [0.25, 0.3) is 0 Å². The Labute approximate surface area is 140 Å². The summed E-state index contributed by atoms with van der Waals surface area (Å²) in [6, 6.07) is 5.31. The number of aromatic nitrogens is 2. The van der Waals surface area contributed by atoms with Gasteiger partial charge in [-0.3, -0.25) is 0 Å². The van der Waals surface area contributed by atoms with Gasteiger partial charge < -0.3 is 4.74 Å². The van der Waals surface area contributed by atoms with Gasteiger partial charge in [-0.15, -0.1) is 0 Å². The minimum Gasteiger partial charge on any atom is -0.378 e. The summed E-state index contributed by atoms with van der Waals surface area (Å²) >= 11 is 21.4. The summed E-state index contributed by atoms with van der Waals surface area (Å²) in [6.45, 7) is 0.351. The molecule has 0 saturated heterocycles. The van der Waals surface area contributed by atoms with Crippen molar-refractivity contribution in [1.82, 2.24) is 9.97 Å². The topological polar surface area (TPSA) is 35.0 Å². The molecule has 106 valence electrons.